The summed E-state index contributed by atoms with van der Waals surface area (Å²) in [6, 6.07) is 6.84. The Balaban J connectivity index is 2.45. The molecule has 10 heteroatoms. The van der Waals surface area contributed by atoms with E-state index in [-0.39, 0.29) is 41.8 Å². The molecule has 0 bridgehead atoms. The van der Waals surface area contributed by atoms with E-state index >= 15 is 0 Å². The van der Waals surface area contributed by atoms with E-state index in [0.717, 1.165) is 12.8 Å². The van der Waals surface area contributed by atoms with Crippen molar-refractivity contribution >= 4 is 17.8 Å². The Hall–Kier alpha value is -3.56. The summed E-state index contributed by atoms with van der Waals surface area (Å²) in [4.78, 5) is 37.3. The monoisotopic (exact) mass is 544 g/mol. The van der Waals surface area contributed by atoms with Gasteiger partial charge in [-0.3, -0.25) is 19.1 Å². The lowest BCUT2D eigenvalue weighted by atomic mass is 9.84. The number of ether oxygens (including phenoxy) is 3. The minimum absolute atomic E-state index is 0.0263. The van der Waals surface area contributed by atoms with Crippen molar-refractivity contribution in [2.45, 2.75) is 72.9 Å². The minimum Gasteiger partial charge on any atom is -0.496 e. The molecule has 216 valence electrons. The second-order valence-corrected chi connectivity index (χ2v) is 10.5. The predicted octanol–water partition coefficient (Wildman–Crippen LogP) is 4.22. The van der Waals surface area contributed by atoms with Gasteiger partial charge in [-0.1, -0.05) is 40.7 Å². The number of hydrogen-bond acceptors (Lipinski definition) is 7. The SMILES string of the molecule is CCC(C)(CC)Cn1nc(C(=O)N[C@H](CC(=O)NCC(=O)OC)CC(C)C)cc1-c1c(OC)cccc1OC. The number of hydrogen-bond donors (Lipinski definition) is 2. The van der Waals surface area contributed by atoms with Crippen LogP contribution in [0, 0.1) is 11.3 Å². The molecule has 2 aromatic rings. The molecule has 1 aromatic carbocycles. The van der Waals surface area contributed by atoms with Crippen molar-refractivity contribution < 1.29 is 28.6 Å². The van der Waals surface area contributed by atoms with Crippen LogP contribution < -0.4 is 20.1 Å². The highest BCUT2D eigenvalue weighted by atomic mass is 16.5. The Labute approximate surface area is 231 Å². The largest absolute Gasteiger partial charge is 0.496 e. The first-order valence-corrected chi connectivity index (χ1v) is 13.4. The summed E-state index contributed by atoms with van der Waals surface area (Å²) in [5, 5.41) is 10.3. The molecule has 10 nitrogen and oxygen atoms in total. The molecule has 0 saturated heterocycles. The molecule has 0 saturated carbocycles. The van der Waals surface area contributed by atoms with Gasteiger partial charge in [-0.05, 0) is 48.8 Å². The Morgan fingerprint density at radius 1 is 1.05 bits per heavy atom. The minimum atomic E-state index is -0.538. The van der Waals surface area contributed by atoms with Crippen molar-refractivity contribution in [1.29, 1.82) is 0 Å². The molecular formula is C29H44N4O6. The van der Waals surface area contributed by atoms with E-state index in [1.54, 1.807) is 20.3 Å². The van der Waals surface area contributed by atoms with Crippen LogP contribution in [0.3, 0.4) is 0 Å². The quantitative estimate of drug-likeness (QED) is 0.322. The highest BCUT2D eigenvalue weighted by Gasteiger charge is 2.28. The number of amides is 2. The van der Waals surface area contributed by atoms with Gasteiger partial charge >= 0.3 is 5.97 Å². The fourth-order valence-electron chi connectivity index (χ4n) is 4.35. The van der Waals surface area contributed by atoms with Crippen LogP contribution in [0.15, 0.2) is 24.3 Å². The first kappa shape index (κ1) is 31.7. The van der Waals surface area contributed by atoms with Gasteiger partial charge in [-0.25, -0.2) is 0 Å². The number of carbonyl (C=O) groups excluding carboxylic acids is 3. The lowest BCUT2D eigenvalue weighted by molar-refractivity contribution is -0.141. The summed E-state index contributed by atoms with van der Waals surface area (Å²) in [6.45, 7) is 10.9. The van der Waals surface area contributed by atoms with Crippen LogP contribution in [0.5, 0.6) is 11.5 Å². The normalized spacial score (nSPS) is 12.1. The molecule has 0 aliphatic rings. The first-order chi connectivity index (χ1) is 18.5. The summed E-state index contributed by atoms with van der Waals surface area (Å²) in [7, 11) is 4.45. The molecule has 0 aliphatic heterocycles. The number of carbonyl (C=O) groups is 3. The maximum Gasteiger partial charge on any atom is 0.325 e. The van der Waals surface area contributed by atoms with Gasteiger partial charge in [-0.15, -0.1) is 0 Å². The van der Waals surface area contributed by atoms with Gasteiger partial charge in [0.25, 0.3) is 5.91 Å². The molecule has 2 amide bonds. The summed E-state index contributed by atoms with van der Waals surface area (Å²) >= 11 is 0. The molecule has 0 radical (unpaired) electrons. The van der Waals surface area contributed by atoms with Crippen LogP contribution in [-0.4, -0.2) is 61.5 Å². The van der Waals surface area contributed by atoms with E-state index in [1.165, 1.54) is 7.11 Å². The van der Waals surface area contributed by atoms with E-state index < -0.39 is 12.0 Å². The fraction of sp³-hybridized carbons (Fsp3) is 0.586. The number of nitrogens with zero attached hydrogens (tertiary/aromatic N) is 2. The predicted molar refractivity (Wildman–Crippen MR) is 150 cm³/mol. The smallest absolute Gasteiger partial charge is 0.325 e. The number of nitrogens with one attached hydrogen (secondary N) is 2. The molecule has 2 N–H and O–H groups in total. The number of rotatable bonds is 15. The molecular weight excluding hydrogens is 500 g/mol. The summed E-state index contributed by atoms with van der Waals surface area (Å²) in [6.07, 6.45) is 2.47. The third-order valence-corrected chi connectivity index (χ3v) is 7.12. The zero-order valence-corrected chi connectivity index (χ0v) is 24.6. The molecule has 0 unspecified atom stereocenters. The standard InChI is InChI=1S/C29H44N4O6/c1-9-29(5,10-2)18-33-22(27-23(37-6)12-11-13-24(27)38-7)16-21(32-33)28(36)31-20(14-19(3)4)15-25(34)30-17-26(35)39-8/h11-13,16,19-20H,9-10,14-15,17-18H2,1-8H3,(H,30,34)(H,31,36)/t20-/m0/s1. The van der Waals surface area contributed by atoms with Crippen molar-refractivity contribution in [2.75, 3.05) is 27.9 Å². The zero-order valence-electron chi connectivity index (χ0n) is 24.6. The third-order valence-electron chi connectivity index (χ3n) is 7.12. The Morgan fingerprint density at radius 2 is 1.67 bits per heavy atom. The van der Waals surface area contributed by atoms with E-state index in [2.05, 4.69) is 36.1 Å². The maximum absolute atomic E-state index is 13.5. The second kappa shape index (κ2) is 14.6. The highest BCUT2D eigenvalue weighted by Crippen LogP contribution is 2.40. The van der Waals surface area contributed by atoms with Gasteiger partial charge in [0.15, 0.2) is 5.69 Å². The molecule has 1 atom stereocenters. The molecule has 1 aromatic heterocycles. The van der Waals surface area contributed by atoms with Crippen molar-refractivity contribution in [3.63, 3.8) is 0 Å². The Bertz CT molecular complexity index is 1100. The summed E-state index contributed by atoms with van der Waals surface area (Å²) in [5.41, 5.74) is 1.61. The van der Waals surface area contributed by atoms with Gasteiger partial charge < -0.3 is 24.8 Å². The van der Waals surface area contributed by atoms with Crippen molar-refractivity contribution in [2.24, 2.45) is 11.3 Å². The van der Waals surface area contributed by atoms with Gasteiger partial charge in [0.2, 0.25) is 5.91 Å². The second-order valence-electron chi connectivity index (χ2n) is 10.5. The number of esters is 1. The number of methoxy groups -OCH3 is 3. The van der Waals surface area contributed by atoms with Gasteiger partial charge in [-0.2, -0.15) is 5.10 Å². The number of aromatic nitrogens is 2. The first-order valence-electron chi connectivity index (χ1n) is 13.4. The topological polar surface area (TPSA) is 121 Å². The van der Waals surface area contributed by atoms with Crippen molar-refractivity contribution in [3.8, 4) is 22.8 Å². The highest BCUT2D eigenvalue weighted by molar-refractivity contribution is 5.94. The zero-order chi connectivity index (χ0) is 29.2. The Morgan fingerprint density at radius 3 is 2.18 bits per heavy atom. The van der Waals surface area contributed by atoms with Crippen molar-refractivity contribution in [3.05, 3.63) is 30.0 Å². The fourth-order valence-corrected chi connectivity index (χ4v) is 4.35. The van der Waals surface area contributed by atoms with Gasteiger partial charge in [0, 0.05) is 19.0 Å². The van der Waals surface area contributed by atoms with Crippen LogP contribution in [0.25, 0.3) is 11.3 Å². The van der Waals surface area contributed by atoms with Gasteiger partial charge in [0.05, 0.1) is 32.6 Å². The molecule has 39 heavy (non-hydrogen) atoms. The average molecular weight is 545 g/mol. The van der Waals surface area contributed by atoms with E-state index in [4.69, 9.17) is 14.6 Å². The lowest BCUT2D eigenvalue weighted by Gasteiger charge is -2.27. The Kier molecular flexibility index (Phi) is 11.8. The maximum atomic E-state index is 13.5. The van der Waals surface area contributed by atoms with E-state index in [1.807, 2.05) is 36.7 Å². The van der Waals surface area contributed by atoms with Crippen LogP contribution >= 0.6 is 0 Å². The van der Waals surface area contributed by atoms with E-state index in [0.29, 0.717) is 35.7 Å². The molecule has 0 fully saturated rings. The van der Waals surface area contributed by atoms with E-state index in [9.17, 15) is 14.4 Å². The number of benzene rings is 1. The van der Waals surface area contributed by atoms with Crippen molar-refractivity contribution in [1.82, 2.24) is 20.4 Å². The molecule has 1 heterocycles. The molecule has 0 aliphatic carbocycles. The lowest BCUT2D eigenvalue weighted by Crippen LogP contribution is -2.41. The third kappa shape index (κ3) is 8.73. The summed E-state index contributed by atoms with van der Waals surface area (Å²) in [5.74, 6) is 0.172. The molecule has 2 rings (SSSR count). The average Bonchev–Trinajstić information content (AvgIpc) is 3.33. The van der Waals surface area contributed by atoms with Crippen LogP contribution in [0.4, 0.5) is 0 Å². The van der Waals surface area contributed by atoms with Crippen LogP contribution in [-0.2, 0) is 20.9 Å². The van der Waals surface area contributed by atoms with Gasteiger partial charge in [0.1, 0.15) is 18.0 Å². The summed E-state index contributed by atoms with van der Waals surface area (Å²) < 4.78 is 17.7. The van der Waals surface area contributed by atoms with Crippen LogP contribution in [0.2, 0.25) is 0 Å². The van der Waals surface area contributed by atoms with Crippen LogP contribution in [0.1, 0.15) is 70.8 Å². The molecule has 0 spiro atoms.